The summed E-state index contributed by atoms with van der Waals surface area (Å²) in [6.07, 6.45) is 1.55. The summed E-state index contributed by atoms with van der Waals surface area (Å²) in [5.41, 5.74) is 1.52. The lowest BCUT2D eigenvalue weighted by Crippen LogP contribution is -2.32. The molecule has 198 valence electrons. The minimum absolute atomic E-state index is 0.0414. The topological polar surface area (TPSA) is 83.4 Å². The second-order valence-electron chi connectivity index (χ2n) is 10.1. The number of nitrogens with one attached hydrogen (secondary N) is 1. The highest BCUT2D eigenvalue weighted by Crippen LogP contribution is 2.32. The Morgan fingerprint density at radius 1 is 0.974 bits per heavy atom. The molecule has 2 aromatic carbocycles. The number of hydrogen-bond acceptors (Lipinski definition) is 5. The van der Waals surface area contributed by atoms with Gasteiger partial charge in [-0.2, -0.15) is 5.10 Å². The third-order valence-electron chi connectivity index (χ3n) is 7.37. The van der Waals surface area contributed by atoms with Gasteiger partial charge in [0.25, 0.3) is 11.8 Å². The van der Waals surface area contributed by atoms with Crippen LogP contribution in [0.5, 0.6) is 0 Å². The number of benzene rings is 2. The molecule has 2 aliphatic heterocycles. The van der Waals surface area contributed by atoms with Crippen molar-refractivity contribution in [2.45, 2.75) is 0 Å². The quantitative estimate of drug-likeness (QED) is 0.397. The molecule has 2 unspecified atom stereocenters. The molecule has 2 atom stereocenters. The first-order valence-electron chi connectivity index (χ1n) is 12.7. The van der Waals surface area contributed by atoms with Crippen molar-refractivity contribution in [3.8, 4) is 16.9 Å². The smallest absolute Gasteiger partial charge is 0.274 e. The number of aromatic nitrogens is 3. The van der Waals surface area contributed by atoms with Gasteiger partial charge in [-0.1, -0.05) is 35.9 Å². The van der Waals surface area contributed by atoms with Crippen LogP contribution < -0.4 is 5.32 Å². The molecule has 1 N–H and O–H groups in total. The Labute approximate surface area is 230 Å². The summed E-state index contributed by atoms with van der Waals surface area (Å²) in [4.78, 5) is 35.2. The van der Waals surface area contributed by atoms with Crippen LogP contribution in [0, 0.1) is 17.7 Å². The SMILES string of the molecule is CN1CC2CN(C(=O)c3cc(NC(=O)c4cc(-c5ccccn5)c(F)cc4Cl)n(-c4ccccc4)n3)CC2C1. The molecule has 10 heteroatoms. The fraction of sp³-hybridized carbons (Fsp3) is 0.241. The summed E-state index contributed by atoms with van der Waals surface area (Å²) in [7, 11) is 2.10. The molecule has 39 heavy (non-hydrogen) atoms. The zero-order chi connectivity index (χ0) is 27.1. The van der Waals surface area contributed by atoms with E-state index in [0.29, 0.717) is 42.1 Å². The van der Waals surface area contributed by atoms with Gasteiger partial charge in [-0.15, -0.1) is 0 Å². The number of carbonyl (C=O) groups is 2. The number of anilines is 1. The molecule has 2 aliphatic rings. The second-order valence-corrected chi connectivity index (χ2v) is 10.5. The Bertz CT molecular complexity index is 1530. The van der Waals surface area contributed by atoms with Crippen LogP contribution in [0.3, 0.4) is 0 Å². The number of para-hydroxylation sites is 1. The molecule has 2 aromatic heterocycles. The van der Waals surface area contributed by atoms with E-state index < -0.39 is 11.7 Å². The molecule has 0 bridgehead atoms. The fourth-order valence-corrected chi connectivity index (χ4v) is 5.76. The lowest BCUT2D eigenvalue weighted by Gasteiger charge is -2.18. The summed E-state index contributed by atoms with van der Waals surface area (Å²) >= 11 is 6.30. The Morgan fingerprint density at radius 3 is 2.38 bits per heavy atom. The monoisotopic (exact) mass is 544 g/mol. The van der Waals surface area contributed by atoms with Crippen molar-refractivity contribution < 1.29 is 14.0 Å². The van der Waals surface area contributed by atoms with E-state index in [4.69, 9.17) is 11.6 Å². The van der Waals surface area contributed by atoms with Gasteiger partial charge in [0.05, 0.1) is 22.0 Å². The Kier molecular flexibility index (Phi) is 6.62. The van der Waals surface area contributed by atoms with Crippen LogP contribution in [-0.4, -0.2) is 69.6 Å². The van der Waals surface area contributed by atoms with Crippen molar-refractivity contribution in [2.75, 3.05) is 38.5 Å². The van der Waals surface area contributed by atoms with E-state index in [2.05, 4.69) is 27.3 Å². The van der Waals surface area contributed by atoms with Crippen molar-refractivity contribution in [1.82, 2.24) is 24.6 Å². The number of pyridine rings is 1. The summed E-state index contributed by atoms with van der Waals surface area (Å²) in [6, 6.07) is 18.4. The number of rotatable bonds is 5. The molecular weight excluding hydrogens is 519 g/mol. The predicted molar refractivity (Wildman–Crippen MR) is 147 cm³/mol. The summed E-state index contributed by atoms with van der Waals surface area (Å²) in [6.45, 7) is 3.34. The van der Waals surface area contributed by atoms with Gasteiger partial charge in [0, 0.05) is 44.0 Å². The minimum Gasteiger partial charge on any atom is -0.337 e. The van der Waals surface area contributed by atoms with Gasteiger partial charge in [0.2, 0.25) is 0 Å². The lowest BCUT2D eigenvalue weighted by atomic mass is 10.0. The van der Waals surface area contributed by atoms with Gasteiger partial charge < -0.3 is 15.1 Å². The number of halogens is 2. The van der Waals surface area contributed by atoms with E-state index >= 15 is 0 Å². The second kappa shape index (κ2) is 10.2. The molecule has 0 radical (unpaired) electrons. The molecule has 6 rings (SSSR count). The highest BCUT2D eigenvalue weighted by Gasteiger charge is 2.41. The fourth-order valence-electron chi connectivity index (χ4n) is 5.52. The van der Waals surface area contributed by atoms with Crippen LogP contribution in [0.15, 0.2) is 72.9 Å². The molecule has 8 nitrogen and oxygen atoms in total. The van der Waals surface area contributed by atoms with Gasteiger partial charge >= 0.3 is 0 Å². The maximum absolute atomic E-state index is 14.7. The number of likely N-dealkylation sites (tertiary alicyclic amines) is 2. The molecule has 2 amide bonds. The van der Waals surface area contributed by atoms with Crippen LogP contribution in [0.1, 0.15) is 20.8 Å². The van der Waals surface area contributed by atoms with Gasteiger partial charge in [-0.25, -0.2) is 9.07 Å². The van der Waals surface area contributed by atoms with E-state index in [9.17, 15) is 14.0 Å². The van der Waals surface area contributed by atoms with Crippen LogP contribution in [0.2, 0.25) is 5.02 Å². The largest absolute Gasteiger partial charge is 0.337 e. The number of nitrogens with zero attached hydrogens (tertiary/aromatic N) is 5. The maximum Gasteiger partial charge on any atom is 0.274 e. The van der Waals surface area contributed by atoms with E-state index in [1.165, 1.54) is 10.7 Å². The zero-order valence-electron chi connectivity index (χ0n) is 21.2. The van der Waals surface area contributed by atoms with Crippen molar-refractivity contribution >= 4 is 29.2 Å². The minimum atomic E-state index is -0.584. The van der Waals surface area contributed by atoms with Gasteiger partial charge in [-0.3, -0.25) is 14.6 Å². The number of amides is 2. The summed E-state index contributed by atoms with van der Waals surface area (Å²) < 4.78 is 16.2. The standard InChI is InChI=1S/C29H26ClFN6O2/c1-35-14-18-16-36(17-19(18)15-35)29(39)26-13-27(37(34-26)20-7-3-2-4-8-20)33-28(38)21-11-22(24(31)12-23(21)30)25-9-5-6-10-32-25/h2-13,18-19H,14-17H2,1H3,(H,33,38). The van der Waals surface area contributed by atoms with Crippen LogP contribution >= 0.6 is 11.6 Å². The highest BCUT2D eigenvalue weighted by molar-refractivity contribution is 6.34. The Hall–Kier alpha value is -4.08. The van der Waals surface area contributed by atoms with Gasteiger partial charge in [0.15, 0.2) is 5.69 Å². The lowest BCUT2D eigenvalue weighted by molar-refractivity contribution is 0.0769. The van der Waals surface area contributed by atoms with E-state index in [-0.39, 0.29) is 27.8 Å². The first kappa shape index (κ1) is 25.2. The first-order valence-corrected chi connectivity index (χ1v) is 13.1. The van der Waals surface area contributed by atoms with Crippen molar-refractivity contribution in [2.24, 2.45) is 11.8 Å². The Morgan fingerprint density at radius 2 is 1.69 bits per heavy atom. The zero-order valence-corrected chi connectivity index (χ0v) is 22.0. The number of carbonyl (C=O) groups excluding carboxylic acids is 2. The third kappa shape index (κ3) is 4.91. The molecule has 0 spiro atoms. The molecule has 2 saturated heterocycles. The normalized spacial score (nSPS) is 18.8. The average Bonchev–Trinajstić information content (AvgIpc) is 3.62. The number of hydrogen-bond donors (Lipinski definition) is 1. The van der Waals surface area contributed by atoms with Crippen molar-refractivity contribution in [3.63, 3.8) is 0 Å². The molecule has 2 fully saturated rings. The third-order valence-corrected chi connectivity index (χ3v) is 7.68. The molecule has 0 aliphatic carbocycles. The van der Waals surface area contributed by atoms with E-state index in [0.717, 1.165) is 19.2 Å². The molecule has 4 aromatic rings. The average molecular weight is 545 g/mol. The Balaban J connectivity index is 1.31. The summed E-state index contributed by atoms with van der Waals surface area (Å²) in [5.74, 6) is -0.0968. The molecule has 0 saturated carbocycles. The van der Waals surface area contributed by atoms with Crippen molar-refractivity contribution in [3.05, 3.63) is 95.0 Å². The van der Waals surface area contributed by atoms with Gasteiger partial charge in [-0.05, 0) is 55.3 Å². The predicted octanol–water partition coefficient (Wildman–Crippen LogP) is 4.61. The molecule has 4 heterocycles. The van der Waals surface area contributed by atoms with E-state index in [1.54, 1.807) is 30.5 Å². The summed E-state index contributed by atoms with van der Waals surface area (Å²) in [5, 5.41) is 7.37. The van der Waals surface area contributed by atoms with Crippen LogP contribution in [0.4, 0.5) is 10.2 Å². The maximum atomic E-state index is 14.7. The molecular formula is C29H26ClFN6O2. The van der Waals surface area contributed by atoms with Gasteiger partial charge in [0.1, 0.15) is 11.6 Å². The van der Waals surface area contributed by atoms with Crippen molar-refractivity contribution in [1.29, 1.82) is 0 Å². The van der Waals surface area contributed by atoms with Crippen LogP contribution in [-0.2, 0) is 0 Å². The first-order chi connectivity index (χ1) is 18.9. The van der Waals surface area contributed by atoms with Crippen LogP contribution in [0.25, 0.3) is 16.9 Å². The van der Waals surface area contributed by atoms with E-state index in [1.807, 2.05) is 35.2 Å². The highest BCUT2D eigenvalue weighted by atomic mass is 35.5. The number of fused-ring (bicyclic) bond motifs is 1.